The number of benzene rings is 2. The zero-order valence-electron chi connectivity index (χ0n) is 14.8. The van der Waals surface area contributed by atoms with E-state index in [2.05, 4.69) is 18.3 Å². The first-order chi connectivity index (χ1) is 11.6. The Morgan fingerprint density at radius 3 is 2.58 bits per heavy atom. The van der Waals surface area contributed by atoms with E-state index in [0.717, 1.165) is 41.3 Å². The number of nitrogens with one attached hydrogen (secondary N) is 1. The Hall–Kier alpha value is -2.07. The Morgan fingerprint density at radius 2 is 1.92 bits per heavy atom. The van der Waals surface area contributed by atoms with Crippen LogP contribution in [0.3, 0.4) is 0 Å². The zero-order valence-corrected chi connectivity index (χ0v) is 14.8. The number of carbonyl (C=O) groups excluding carboxylic acids is 1. The van der Waals surface area contributed by atoms with E-state index < -0.39 is 0 Å². The van der Waals surface area contributed by atoms with Crippen LogP contribution < -0.4 is 15.8 Å². The van der Waals surface area contributed by atoms with Crippen LogP contribution >= 0.6 is 0 Å². The second-order valence-corrected chi connectivity index (χ2v) is 6.28. The highest BCUT2D eigenvalue weighted by Crippen LogP contribution is 2.25. The fraction of sp³-hybridized carbons (Fsp3) is 0.450. The maximum atomic E-state index is 12.5. The van der Waals surface area contributed by atoms with Gasteiger partial charge in [0.05, 0.1) is 13.0 Å². The van der Waals surface area contributed by atoms with Crippen LogP contribution in [0, 0.1) is 0 Å². The highest BCUT2D eigenvalue weighted by molar-refractivity contribution is 5.88. The Bertz CT molecular complexity index is 684. The van der Waals surface area contributed by atoms with Gasteiger partial charge in [-0.15, -0.1) is 0 Å². The molecule has 0 aliphatic rings. The van der Waals surface area contributed by atoms with Gasteiger partial charge < -0.3 is 15.8 Å². The number of ether oxygens (including phenoxy) is 1. The number of unbranched alkanes of at least 4 members (excludes halogenated alkanes) is 1. The van der Waals surface area contributed by atoms with E-state index in [1.54, 1.807) is 7.11 Å². The third-order valence-corrected chi connectivity index (χ3v) is 4.50. The van der Waals surface area contributed by atoms with Gasteiger partial charge in [0.25, 0.3) is 0 Å². The molecule has 4 heteroatoms. The summed E-state index contributed by atoms with van der Waals surface area (Å²) in [6.07, 6.45) is 3.12. The van der Waals surface area contributed by atoms with Gasteiger partial charge in [0, 0.05) is 12.6 Å². The molecule has 0 heterocycles. The van der Waals surface area contributed by atoms with Gasteiger partial charge in [0.15, 0.2) is 0 Å². The fourth-order valence-corrected chi connectivity index (χ4v) is 2.82. The van der Waals surface area contributed by atoms with Crippen molar-refractivity contribution in [3.05, 3.63) is 42.0 Å². The van der Waals surface area contributed by atoms with Gasteiger partial charge >= 0.3 is 0 Å². The van der Waals surface area contributed by atoms with Crippen LogP contribution in [0.5, 0.6) is 5.75 Å². The Morgan fingerprint density at radius 1 is 1.21 bits per heavy atom. The Balaban J connectivity index is 2.11. The standard InChI is InChI=1S/C20H28N2O2/c1-4-5-6-18(13-21)22-20(23)14(2)15-7-8-17-12-19(24-3)10-9-16(17)11-15/h7-12,14,18H,4-6,13,21H2,1-3H3,(H,22,23). The fourth-order valence-electron chi connectivity index (χ4n) is 2.82. The Kier molecular flexibility index (Phi) is 6.62. The van der Waals surface area contributed by atoms with Crippen LogP contribution in [0.2, 0.25) is 0 Å². The predicted molar refractivity (Wildman–Crippen MR) is 99.4 cm³/mol. The van der Waals surface area contributed by atoms with Gasteiger partial charge in [-0.1, -0.05) is 44.0 Å². The van der Waals surface area contributed by atoms with E-state index in [1.807, 2.05) is 37.3 Å². The lowest BCUT2D eigenvalue weighted by Crippen LogP contribution is -2.42. The summed E-state index contributed by atoms with van der Waals surface area (Å²) in [5, 5.41) is 5.29. The molecular formula is C20H28N2O2. The zero-order chi connectivity index (χ0) is 17.5. The molecule has 0 aliphatic carbocycles. The van der Waals surface area contributed by atoms with Crippen LogP contribution in [0.1, 0.15) is 44.6 Å². The number of methoxy groups -OCH3 is 1. The summed E-state index contributed by atoms with van der Waals surface area (Å²) in [5.74, 6) is 0.671. The number of rotatable bonds is 8. The largest absolute Gasteiger partial charge is 0.497 e. The smallest absolute Gasteiger partial charge is 0.227 e. The number of hydrogen-bond donors (Lipinski definition) is 2. The second kappa shape index (κ2) is 8.69. The molecule has 0 aliphatic heterocycles. The van der Waals surface area contributed by atoms with E-state index in [1.165, 1.54) is 0 Å². The number of carbonyl (C=O) groups is 1. The van der Waals surface area contributed by atoms with Crippen LogP contribution in [-0.2, 0) is 4.79 Å². The first-order valence-corrected chi connectivity index (χ1v) is 8.67. The SMILES string of the molecule is CCCCC(CN)NC(=O)C(C)c1ccc2cc(OC)ccc2c1. The van der Waals surface area contributed by atoms with Crippen LogP contribution in [0.25, 0.3) is 10.8 Å². The monoisotopic (exact) mass is 328 g/mol. The predicted octanol–water partition coefficient (Wildman–Crippen LogP) is 3.59. The first kappa shape index (κ1) is 18.3. The van der Waals surface area contributed by atoms with Crippen molar-refractivity contribution in [2.75, 3.05) is 13.7 Å². The highest BCUT2D eigenvalue weighted by atomic mass is 16.5. The summed E-state index contributed by atoms with van der Waals surface area (Å²) < 4.78 is 5.25. The normalized spacial score (nSPS) is 13.5. The van der Waals surface area contributed by atoms with Crippen molar-refractivity contribution in [2.45, 2.75) is 45.1 Å². The molecule has 24 heavy (non-hydrogen) atoms. The van der Waals surface area contributed by atoms with Gasteiger partial charge in [-0.05, 0) is 41.8 Å². The molecular weight excluding hydrogens is 300 g/mol. The molecule has 0 fully saturated rings. The topological polar surface area (TPSA) is 64.3 Å². The van der Waals surface area contributed by atoms with Crippen molar-refractivity contribution < 1.29 is 9.53 Å². The molecule has 2 aromatic carbocycles. The van der Waals surface area contributed by atoms with Gasteiger partial charge in [-0.2, -0.15) is 0 Å². The lowest BCUT2D eigenvalue weighted by Gasteiger charge is -2.20. The maximum Gasteiger partial charge on any atom is 0.227 e. The molecule has 3 N–H and O–H groups in total. The van der Waals surface area contributed by atoms with Crippen molar-refractivity contribution in [1.82, 2.24) is 5.32 Å². The third-order valence-electron chi connectivity index (χ3n) is 4.50. The van der Waals surface area contributed by atoms with E-state index in [-0.39, 0.29) is 17.9 Å². The van der Waals surface area contributed by atoms with E-state index >= 15 is 0 Å². The van der Waals surface area contributed by atoms with Crippen molar-refractivity contribution >= 4 is 16.7 Å². The third kappa shape index (κ3) is 4.48. The lowest BCUT2D eigenvalue weighted by atomic mass is 9.96. The first-order valence-electron chi connectivity index (χ1n) is 8.67. The molecule has 2 rings (SSSR count). The highest BCUT2D eigenvalue weighted by Gasteiger charge is 2.18. The second-order valence-electron chi connectivity index (χ2n) is 6.28. The van der Waals surface area contributed by atoms with Gasteiger partial charge in [-0.25, -0.2) is 0 Å². The lowest BCUT2D eigenvalue weighted by molar-refractivity contribution is -0.122. The molecule has 0 spiro atoms. The molecule has 0 saturated heterocycles. The molecule has 2 unspecified atom stereocenters. The summed E-state index contributed by atoms with van der Waals surface area (Å²) in [6, 6.07) is 12.1. The number of hydrogen-bond acceptors (Lipinski definition) is 3. The molecule has 0 saturated carbocycles. The molecule has 2 aromatic rings. The summed E-state index contributed by atoms with van der Waals surface area (Å²) in [5.41, 5.74) is 6.79. The average Bonchev–Trinajstić information content (AvgIpc) is 2.63. The maximum absolute atomic E-state index is 12.5. The number of amides is 1. The van der Waals surface area contributed by atoms with E-state index in [0.29, 0.717) is 6.54 Å². The molecule has 0 aromatic heterocycles. The summed E-state index contributed by atoms with van der Waals surface area (Å²) in [4.78, 5) is 12.5. The van der Waals surface area contributed by atoms with Crippen LogP contribution in [-0.4, -0.2) is 25.6 Å². The van der Waals surface area contributed by atoms with Crippen molar-refractivity contribution in [1.29, 1.82) is 0 Å². The number of nitrogens with two attached hydrogens (primary N) is 1. The summed E-state index contributed by atoms with van der Waals surface area (Å²) >= 11 is 0. The van der Waals surface area contributed by atoms with Gasteiger partial charge in [0.2, 0.25) is 5.91 Å². The molecule has 130 valence electrons. The van der Waals surface area contributed by atoms with E-state index in [4.69, 9.17) is 10.5 Å². The van der Waals surface area contributed by atoms with Crippen LogP contribution in [0.15, 0.2) is 36.4 Å². The van der Waals surface area contributed by atoms with Gasteiger partial charge in [0.1, 0.15) is 5.75 Å². The molecule has 0 radical (unpaired) electrons. The minimum absolute atomic E-state index is 0.0365. The van der Waals surface area contributed by atoms with Gasteiger partial charge in [-0.3, -0.25) is 4.79 Å². The average molecular weight is 328 g/mol. The molecule has 4 nitrogen and oxygen atoms in total. The summed E-state index contributed by atoms with van der Waals surface area (Å²) in [7, 11) is 1.66. The van der Waals surface area contributed by atoms with Crippen LogP contribution in [0.4, 0.5) is 0 Å². The van der Waals surface area contributed by atoms with Crippen molar-refractivity contribution in [3.8, 4) is 5.75 Å². The molecule has 1 amide bonds. The minimum Gasteiger partial charge on any atom is -0.497 e. The van der Waals surface area contributed by atoms with Crippen molar-refractivity contribution in [2.24, 2.45) is 5.73 Å². The van der Waals surface area contributed by atoms with Crippen molar-refractivity contribution in [3.63, 3.8) is 0 Å². The summed E-state index contributed by atoms with van der Waals surface area (Å²) in [6.45, 7) is 4.56. The Labute approximate surface area is 144 Å². The van der Waals surface area contributed by atoms with E-state index in [9.17, 15) is 4.79 Å². The number of fused-ring (bicyclic) bond motifs is 1. The quantitative estimate of drug-likeness (QED) is 0.778. The molecule has 2 atom stereocenters. The minimum atomic E-state index is -0.202. The molecule has 0 bridgehead atoms.